The van der Waals surface area contributed by atoms with Crippen LogP contribution in [0.25, 0.3) is 21.8 Å². The number of nitrogens with zero attached hydrogens (tertiary/aromatic N) is 4. The van der Waals surface area contributed by atoms with E-state index in [9.17, 15) is 28.0 Å². The van der Waals surface area contributed by atoms with Gasteiger partial charge in [-0.05, 0) is 71.7 Å². The number of benzene rings is 2. The maximum absolute atomic E-state index is 13.7. The molecule has 0 N–H and O–H groups in total. The highest BCUT2D eigenvalue weighted by Crippen LogP contribution is 2.18. The van der Waals surface area contributed by atoms with Crippen LogP contribution >= 0.6 is 15.9 Å². The van der Waals surface area contributed by atoms with Gasteiger partial charge in [0.05, 0.1) is 21.8 Å². The molecule has 0 spiro atoms. The Balaban J connectivity index is 0.000000226. The van der Waals surface area contributed by atoms with Gasteiger partial charge in [0.25, 0.3) is 11.1 Å². The van der Waals surface area contributed by atoms with Crippen molar-refractivity contribution in [1.29, 1.82) is 0 Å². The van der Waals surface area contributed by atoms with Crippen molar-refractivity contribution >= 4 is 49.9 Å². The molecule has 0 atom stereocenters. The minimum absolute atomic E-state index is 0.166. The van der Waals surface area contributed by atoms with Crippen LogP contribution in [0.3, 0.4) is 0 Å². The number of ether oxygens (including phenoxy) is 2. The Morgan fingerprint density at radius 1 is 0.780 bits per heavy atom. The molecular weight excluding hydrogens is 606 g/mol. The zero-order valence-corrected chi connectivity index (χ0v) is 25.1. The van der Waals surface area contributed by atoms with Gasteiger partial charge >= 0.3 is 12.2 Å². The Bertz CT molecular complexity index is 1770. The second-order valence-electron chi connectivity index (χ2n) is 11.0. The summed E-state index contributed by atoms with van der Waals surface area (Å²) in [6.45, 7) is 11.7. The molecule has 0 saturated heterocycles. The van der Waals surface area contributed by atoms with Crippen LogP contribution in [0, 0.1) is 18.6 Å². The fourth-order valence-corrected chi connectivity index (χ4v) is 3.85. The first-order valence-corrected chi connectivity index (χ1v) is 13.4. The van der Waals surface area contributed by atoms with Gasteiger partial charge in [0.2, 0.25) is 0 Å². The molecule has 41 heavy (non-hydrogen) atoms. The summed E-state index contributed by atoms with van der Waals surface area (Å²) in [4.78, 5) is 56.3. The summed E-state index contributed by atoms with van der Waals surface area (Å²) in [5.41, 5.74) is -1.56. The summed E-state index contributed by atoms with van der Waals surface area (Å²) in [6.07, 6.45) is 0.477. The first-order chi connectivity index (χ1) is 18.9. The average molecular weight is 635 g/mol. The van der Waals surface area contributed by atoms with Crippen molar-refractivity contribution in [2.24, 2.45) is 0 Å². The lowest BCUT2D eigenvalue weighted by molar-refractivity contribution is 0.0518. The predicted molar refractivity (Wildman–Crippen MR) is 153 cm³/mol. The van der Waals surface area contributed by atoms with E-state index in [-0.39, 0.29) is 27.1 Å². The number of fused-ring (bicyclic) bond motifs is 2. The summed E-state index contributed by atoms with van der Waals surface area (Å²) >= 11 is 3.14. The average Bonchev–Trinajstić information content (AvgIpc) is 2.83. The van der Waals surface area contributed by atoms with Crippen LogP contribution in [0.4, 0.5) is 18.4 Å². The van der Waals surface area contributed by atoms with Crippen LogP contribution in [0.1, 0.15) is 52.7 Å². The van der Waals surface area contributed by atoms with E-state index < -0.39 is 46.1 Å². The van der Waals surface area contributed by atoms with E-state index in [1.807, 2.05) is 0 Å². The summed E-state index contributed by atoms with van der Waals surface area (Å²) in [5.74, 6) is -0.902. The summed E-state index contributed by atoms with van der Waals surface area (Å²) in [6, 6.07) is 5.11. The zero-order chi connectivity index (χ0) is 30.9. The number of rotatable bonds is 1. The number of carbonyl (C=O) groups excluding carboxylic acids is 2. The first kappa shape index (κ1) is 31.5. The molecule has 218 valence electrons. The van der Waals surface area contributed by atoms with Crippen LogP contribution in [-0.2, 0) is 14.8 Å². The van der Waals surface area contributed by atoms with E-state index in [4.69, 9.17) is 9.47 Å². The smallest absolute Gasteiger partial charge is 0.422 e. The minimum Gasteiger partial charge on any atom is -0.443 e. The van der Waals surface area contributed by atoms with Crippen molar-refractivity contribution < 1.29 is 27.8 Å². The van der Waals surface area contributed by atoms with Crippen LogP contribution in [0.2, 0.25) is 0 Å². The molecule has 2 heterocycles. The van der Waals surface area contributed by atoms with Gasteiger partial charge in [0.1, 0.15) is 35.5 Å². The maximum Gasteiger partial charge on any atom is 0.422 e. The third-order valence-corrected chi connectivity index (χ3v) is 5.89. The van der Waals surface area contributed by atoms with E-state index in [1.165, 1.54) is 24.3 Å². The highest BCUT2D eigenvalue weighted by Gasteiger charge is 2.21. The molecule has 4 aromatic rings. The summed E-state index contributed by atoms with van der Waals surface area (Å²) in [5, 5.41) is 0.603. The van der Waals surface area contributed by atoms with Gasteiger partial charge < -0.3 is 9.47 Å². The fourth-order valence-electron chi connectivity index (χ4n) is 3.42. The molecule has 10 nitrogen and oxygen atoms in total. The molecule has 0 unspecified atom stereocenters. The molecule has 2 aromatic carbocycles. The second-order valence-corrected chi connectivity index (χ2v) is 11.6. The molecule has 0 radical (unpaired) electrons. The molecule has 0 amide bonds. The van der Waals surface area contributed by atoms with Gasteiger partial charge in [-0.3, -0.25) is 9.59 Å². The van der Waals surface area contributed by atoms with Crippen molar-refractivity contribution in [2.45, 2.75) is 65.0 Å². The summed E-state index contributed by atoms with van der Waals surface area (Å²) < 4.78 is 38.9. The number of alkyl halides is 1. The van der Waals surface area contributed by atoms with Crippen molar-refractivity contribution in [2.75, 3.05) is 0 Å². The SMILES string of the molecule is CC(C)(C)OC(=O)n1cnc2cc(F)c(CBr)cc2c1=O.Cc1cc2c(=O)n(C(=O)OC(C)(C)C)cnc2cc1F. The maximum atomic E-state index is 13.7. The monoisotopic (exact) mass is 634 g/mol. The Labute approximate surface area is 242 Å². The van der Waals surface area contributed by atoms with Crippen molar-refractivity contribution in [1.82, 2.24) is 19.1 Å². The van der Waals surface area contributed by atoms with E-state index >= 15 is 0 Å². The number of hydrogen-bond acceptors (Lipinski definition) is 8. The third kappa shape index (κ3) is 7.60. The largest absolute Gasteiger partial charge is 0.443 e. The Morgan fingerprint density at radius 3 is 1.61 bits per heavy atom. The van der Waals surface area contributed by atoms with Crippen LogP contribution < -0.4 is 11.1 Å². The van der Waals surface area contributed by atoms with Crippen LogP contribution in [0.15, 0.2) is 46.5 Å². The zero-order valence-electron chi connectivity index (χ0n) is 23.5. The van der Waals surface area contributed by atoms with Gasteiger partial charge in [0, 0.05) is 17.5 Å². The first-order valence-electron chi connectivity index (χ1n) is 12.3. The normalized spacial score (nSPS) is 11.7. The quantitative estimate of drug-likeness (QED) is 0.239. The fraction of sp³-hybridized carbons (Fsp3) is 0.357. The number of carbonyl (C=O) groups is 2. The second kappa shape index (κ2) is 11.9. The van der Waals surface area contributed by atoms with Gasteiger partial charge in [0.15, 0.2) is 0 Å². The number of hydrogen-bond donors (Lipinski definition) is 0. The molecule has 0 saturated carbocycles. The van der Waals surface area contributed by atoms with Crippen molar-refractivity contribution in [3.05, 3.63) is 80.4 Å². The Hall–Kier alpha value is -4.00. The lowest BCUT2D eigenvalue weighted by atomic mass is 10.1. The van der Waals surface area contributed by atoms with Crippen molar-refractivity contribution in [3.8, 4) is 0 Å². The lowest BCUT2D eigenvalue weighted by Crippen LogP contribution is -2.33. The number of halogens is 3. The van der Waals surface area contributed by atoms with Crippen LogP contribution in [-0.4, -0.2) is 42.5 Å². The number of aryl methyl sites for hydroxylation is 1. The van der Waals surface area contributed by atoms with Gasteiger partial charge in [-0.2, -0.15) is 0 Å². The Morgan fingerprint density at radius 2 is 1.20 bits per heavy atom. The molecule has 4 rings (SSSR count). The molecule has 0 bridgehead atoms. The van der Waals surface area contributed by atoms with E-state index in [0.29, 0.717) is 11.1 Å². The lowest BCUT2D eigenvalue weighted by Gasteiger charge is -2.19. The van der Waals surface area contributed by atoms with E-state index in [1.54, 1.807) is 48.5 Å². The van der Waals surface area contributed by atoms with Crippen LogP contribution in [0.5, 0.6) is 0 Å². The molecule has 0 fully saturated rings. The standard InChI is InChI=1S/C14H14BrFN2O3.C14H15FN2O3/c1-14(2,3)21-13(20)18-7-17-11-5-10(16)8(6-15)4-9(11)12(18)19;1-8-5-9-11(6-10(8)15)16-7-17(12(9)18)13(19)20-14(2,3)4/h4-5,7H,6H2,1-3H3;5-7H,1-4H3. The molecule has 0 aliphatic carbocycles. The molecule has 0 aliphatic rings. The third-order valence-electron chi connectivity index (χ3n) is 5.29. The summed E-state index contributed by atoms with van der Waals surface area (Å²) in [7, 11) is 0. The Kier molecular flexibility index (Phi) is 9.11. The predicted octanol–water partition coefficient (Wildman–Crippen LogP) is 5.84. The minimum atomic E-state index is -0.813. The van der Waals surface area contributed by atoms with Gasteiger partial charge in [-0.15, -0.1) is 0 Å². The molecular formula is C28H29BrF2N4O6. The highest BCUT2D eigenvalue weighted by atomic mass is 79.9. The van der Waals surface area contributed by atoms with E-state index in [0.717, 1.165) is 21.8 Å². The highest BCUT2D eigenvalue weighted by molar-refractivity contribution is 9.08. The molecule has 13 heteroatoms. The van der Waals surface area contributed by atoms with Gasteiger partial charge in [-0.1, -0.05) is 15.9 Å². The van der Waals surface area contributed by atoms with E-state index in [2.05, 4.69) is 25.9 Å². The topological polar surface area (TPSA) is 122 Å². The molecule has 0 aliphatic heterocycles. The van der Waals surface area contributed by atoms with Crippen molar-refractivity contribution in [3.63, 3.8) is 0 Å². The van der Waals surface area contributed by atoms with Gasteiger partial charge in [-0.25, -0.2) is 37.5 Å². The molecule has 2 aromatic heterocycles. The number of aromatic nitrogens is 4.